The molecule has 1 fully saturated rings. The van der Waals surface area contributed by atoms with E-state index >= 15 is 0 Å². The van der Waals surface area contributed by atoms with E-state index in [-0.39, 0.29) is 6.04 Å². The fraction of sp³-hybridized carbons (Fsp3) is 0.833. The lowest BCUT2D eigenvalue weighted by Crippen LogP contribution is -2.19. The normalized spacial score (nSPS) is 24.4. The fourth-order valence-corrected chi connectivity index (χ4v) is 1.90. The number of nitrogens with one attached hydrogen (secondary N) is 1. The maximum Gasteiger partial charge on any atom is 0.233 e. The van der Waals surface area contributed by atoms with Gasteiger partial charge in [-0.15, -0.1) is 10.2 Å². The van der Waals surface area contributed by atoms with Crippen molar-refractivity contribution in [1.29, 1.82) is 0 Å². The van der Waals surface area contributed by atoms with E-state index in [1.165, 1.54) is 0 Å². The summed E-state index contributed by atoms with van der Waals surface area (Å²) in [4.78, 5) is 0. The number of hydrogen-bond donors (Lipinski definition) is 1. The van der Waals surface area contributed by atoms with E-state index in [0.717, 1.165) is 25.3 Å². The smallest absolute Gasteiger partial charge is 0.233 e. The van der Waals surface area contributed by atoms with Gasteiger partial charge in [0.25, 0.3) is 0 Å². The van der Waals surface area contributed by atoms with Gasteiger partial charge in [-0.3, -0.25) is 0 Å². The van der Waals surface area contributed by atoms with Crippen LogP contribution in [0.2, 0.25) is 0 Å². The third kappa shape index (κ3) is 2.26. The predicted molar refractivity (Wildman–Crippen MR) is 62.1 cm³/mol. The van der Waals surface area contributed by atoms with Crippen molar-refractivity contribution in [1.82, 2.24) is 15.5 Å². The van der Waals surface area contributed by atoms with Crippen molar-refractivity contribution in [3.8, 4) is 0 Å². The molecule has 0 radical (unpaired) electrons. The second kappa shape index (κ2) is 4.17. The number of aromatic nitrogens is 2. The molecule has 0 saturated heterocycles. The first-order chi connectivity index (χ1) is 7.54. The molecule has 1 N–H and O–H groups in total. The molecule has 1 aromatic heterocycles. The Morgan fingerprint density at radius 3 is 2.75 bits per heavy atom. The van der Waals surface area contributed by atoms with Crippen molar-refractivity contribution in [3.05, 3.63) is 11.8 Å². The first kappa shape index (κ1) is 11.6. The first-order valence-electron chi connectivity index (χ1n) is 6.11. The predicted octanol–water partition coefficient (Wildman–Crippen LogP) is 2.64. The SMILES string of the molecule is CCCNC(C)c1nnc(C2CC2(C)C)o1. The minimum atomic E-state index is 0.156. The van der Waals surface area contributed by atoms with Gasteiger partial charge in [0.2, 0.25) is 11.8 Å². The van der Waals surface area contributed by atoms with Crippen LogP contribution < -0.4 is 5.32 Å². The molecule has 1 aliphatic rings. The third-order valence-corrected chi connectivity index (χ3v) is 3.34. The summed E-state index contributed by atoms with van der Waals surface area (Å²) < 4.78 is 5.72. The molecule has 0 aromatic carbocycles. The van der Waals surface area contributed by atoms with Gasteiger partial charge < -0.3 is 9.73 Å². The molecule has 1 aliphatic carbocycles. The third-order valence-electron chi connectivity index (χ3n) is 3.34. The van der Waals surface area contributed by atoms with Gasteiger partial charge in [-0.2, -0.15) is 0 Å². The van der Waals surface area contributed by atoms with Crippen molar-refractivity contribution in [3.63, 3.8) is 0 Å². The van der Waals surface area contributed by atoms with Crippen LogP contribution >= 0.6 is 0 Å². The highest BCUT2D eigenvalue weighted by Crippen LogP contribution is 2.58. The topological polar surface area (TPSA) is 51.0 Å². The van der Waals surface area contributed by atoms with Gasteiger partial charge in [-0.05, 0) is 31.7 Å². The summed E-state index contributed by atoms with van der Waals surface area (Å²) in [5.74, 6) is 1.99. The summed E-state index contributed by atoms with van der Waals surface area (Å²) in [6.45, 7) is 9.66. The molecule has 0 aliphatic heterocycles. The second-order valence-corrected chi connectivity index (χ2v) is 5.40. The average molecular weight is 223 g/mol. The maximum atomic E-state index is 5.72. The Bertz CT molecular complexity index is 359. The minimum Gasteiger partial charge on any atom is -0.423 e. The van der Waals surface area contributed by atoms with E-state index in [2.05, 4.69) is 43.2 Å². The van der Waals surface area contributed by atoms with Gasteiger partial charge in [0.05, 0.1) is 6.04 Å². The standard InChI is InChI=1S/C12H21N3O/c1-5-6-13-8(2)10-14-15-11(16-10)9-7-12(9,3)4/h8-9,13H,5-7H2,1-4H3. The number of nitrogens with zero attached hydrogens (tertiary/aromatic N) is 2. The van der Waals surface area contributed by atoms with Gasteiger partial charge in [0.1, 0.15) is 0 Å². The maximum absolute atomic E-state index is 5.72. The number of hydrogen-bond acceptors (Lipinski definition) is 4. The van der Waals surface area contributed by atoms with Crippen LogP contribution in [0.1, 0.15) is 64.3 Å². The van der Waals surface area contributed by atoms with E-state index in [1.54, 1.807) is 0 Å². The Labute approximate surface area is 96.8 Å². The van der Waals surface area contributed by atoms with Gasteiger partial charge in [-0.1, -0.05) is 20.8 Å². The van der Waals surface area contributed by atoms with Crippen LogP contribution in [0, 0.1) is 5.41 Å². The zero-order valence-corrected chi connectivity index (χ0v) is 10.6. The quantitative estimate of drug-likeness (QED) is 0.833. The Morgan fingerprint density at radius 1 is 1.50 bits per heavy atom. The summed E-state index contributed by atoms with van der Waals surface area (Å²) in [5.41, 5.74) is 0.351. The van der Waals surface area contributed by atoms with Crippen LogP contribution in [0.15, 0.2) is 4.42 Å². The molecule has 0 amide bonds. The Balaban J connectivity index is 1.97. The summed E-state index contributed by atoms with van der Waals surface area (Å²) in [7, 11) is 0. The van der Waals surface area contributed by atoms with Crippen LogP contribution in [-0.4, -0.2) is 16.7 Å². The largest absolute Gasteiger partial charge is 0.423 e. The second-order valence-electron chi connectivity index (χ2n) is 5.40. The Morgan fingerprint density at radius 2 is 2.19 bits per heavy atom. The van der Waals surface area contributed by atoms with Crippen LogP contribution in [0.4, 0.5) is 0 Å². The van der Waals surface area contributed by atoms with Gasteiger partial charge in [0, 0.05) is 5.92 Å². The fourth-order valence-electron chi connectivity index (χ4n) is 1.90. The van der Waals surface area contributed by atoms with Crippen molar-refractivity contribution in [2.24, 2.45) is 5.41 Å². The zero-order valence-electron chi connectivity index (χ0n) is 10.6. The molecule has 0 spiro atoms. The monoisotopic (exact) mass is 223 g/mol. The number of rotatable bonds is 5. The van der Waals surface area contributed by atoms with Crippen LogP contribution in [0.25, 0.3) is 0 Å². The van der Waals surface area contributed by atoms with Crippen molar-refractivity contribution in [2.75, 3.05) is 6.54 Å². The molecule has 0 bridgehead atoms. The van der Waals surface area contributed by atoms with Gasteiger partial charge >= 0.3 is 0 Å². The molecule has 4 heteroatoms. The van der Waals surface area contributed by atoms with Crippen LogP contribution in [0.3, 0.4) is 0 Å². The summed E-state index contributed by atoms with van der Waals surface area (Å²) in [6.07, 6.45) is 2.27. The van der Waals surface area contributed by atoms with Crippen molar-refractivity contribution >= 4 is 0 Å². The van der Waals surface area contributed by atoms with E-state index in [4.69, 9.17) is 4.42 Å². The lowest BCUT2D eigenvalue weighted by atomic mass is 10.1. The summed E-state index contributed by atoms with van der Waals surface area (Å²) in [6, 6.07) is 0.156. The van der Waals surface area contributed by atoms with Crippen LogP contribution in [0.5, 0.6) is 0 Å². The lowest BCUT2D eigenvalue weighted by molar-refractivity contribution is 0.385. The van der Waals surface area contributed by atoms with Crippen LogP contribution in [-0.2, 0) is 0 Å². The molecular formula is C12H21N3O. The molecule has 1 heterocycles. The van der Waals surface area contributed by atoms with E-state index in [9.17, 15) is 0 Å². The zero-order chi connectivity index (χ0) is 11.8. The van der Waals surface area contributed by atoms with E-state index < -0.39 is 0 Å². The highest BCUT2D eigenvalue weighted by molar-refractivity contribution is 5.12. The summed E-state index contributed by atoms with van der Waals surface area (Å²) in [5, 5.41) is 11.6. The minimum absolute atomic E-state index is 0.156. The molecule has 16 heavy (non-hydrogen) atoms. The molecule has 1 aromatic rings. The highest BCUT2D eigenvalue weighted by atomic mass is 16.4. The van der Waals surface area contributed by atoms with E-state index in [0.29, 0.717) is 17.2 Å². The molecule has 2 unspecified atom stereocenters. The molecule has 4 nitrogen and oxygen atoms in total. The Kier molecular flexibility index (Phi) is 3.02. The van der Waals surface area contributed by atoms with Gasteiger partial charge in [0.15, 0.2) is 0 Å². The Hall–Kier alpha value is -0.900. The van der Waals surface area contributed by atoms with Crippen molar-refractivity contribution in [2.45, 2.75) is 52.5 Å². The molecule has 1 saturated carbocycles. The van der Waals surface area contributed by atoms with Gasteiger partial charge in [-0.25, -0.2) is 0 Å². The first-order valence-corrected chi connectivity index (χ1v) is 6.11. The lowest BCUT2D eigenvalue weighted by Gasteiger charge is -2.07. The molecule has 90 valence electrons. The highest BCUT2D eigenvalue weighted by Gasteiger charge is 2.50. The molecular weight excluding hydrogens is 202 g/mol. The average Bonchev–Trinajstić information content (AvgIpc) is 2.67. The molecule has 2 rings (SSSR count). The van der Waals surface area contributed by atoms with Crippen molar-refractivity contribution < 1.29 is 4.42 Å². The molecule has 2 atom stereocenters. The van der Waals surface area contributed by atoms with E-state index in [1.807, 2.05) is 0 Å². The summed E-state index contributed by atoms with van der Waals surface area (Å²) >= 11 is 0.